The molecule has 0 aliphatic carbocycles. The van der Waals surface area contributed by atoms with Crippen molar-refractivity contribution < 1.29 is 24.0 Å². The van der Waals surface area contributed by atoms with Crippen LogP contribution in [0.2, 0.25) is 0 Å². The van der Waals surface area contributed by atoms with Crippen molar-refractivity contribution in [2.24, 2.45) is 0 Å². The summed E-state index contributed by atoms with van der Waals surface area (Å²) >= 11 is 3.51. The standard InChI is InChI=1S/HOPS2.Zn/c1-2-4-3;/h3H;. The summed E-state index contributed by atoms with van der Waals surface area (Å²) in [6, 6.07) is 0. The number of hydrogen-bond acceptors (Lipinski definition) is 3. The van der Waals surface area contributed by atoms with E-state index in [1.807, 2.05) is 0 Å². The smallest absolute Gasteiger partial charge is 0.238 e. The average molecular weight is 178 g/mol. The fraction of sp³-hybridized carbons (Fsp3) is 0. The van der Waals surface area contributed by atoms with Crippen LogP contribution in [0.1, 0.15) is 0 Å². The first kappa shape index (κ1) is 9.66. The number of hydrogen-bond donors (Lipinski definition) is 1. The quantitative estimate of drug-likeness (QED) is 0.285. The van der Waals surface area contributed by atoms with Crippen molar-refractivity contribution in [2.75, 3.05) is 0 Å². The predicted octanol–water partition coefficient (Wildman–Crippen LogP) is 1.77. The van der Waals surface area contributed by atoms with Crippen LogP contribution in [0.15, 0.2) is 0 Å². The number of thiol groups is 1. The van der Waals surface area contributed by atoms with Gasteiger partial charge in [0.15, 0.2) is 0 Å². The van der Waals surface area contributed by atoms with E-state index in [0.717, 1.165) is 10.4 Å². The van der Waals surface area contributed by atoms with Crippen LogP contribution in [0.25, 0.3) is 0 Å². The molecule has 0 bridgehead atoms. The molecule has 0 unspecified atom stereocenters. The average Bonchev–Trinajstić information content (AvgIpc) is 1.37. The van der Waals surface area contributed by atoms with E-state index in [9.17, 15) is 0 Å². The first-order valence-corrected chi connectivity index (χ1v) is 3.83. The van der Waals surface area contributed by atoms with E-state index in [-0.39, 0.29) is 27.1 Å². The van der Waals surface area contributed by atoms with Crippen LogP contribution in [0.4, 0.5) is 0 Å². The molecule has 0 radical (unpaired) electrons. The molecule has 0 aromatic rings. The van der Waals surface area contributed by atoms with Gasteiger partial charge in [-0.15, -0.1) is 0 Å². The fourth-order valence-electron chi connectivity index (χ4n) is 0. The van der Waals surface area contributed by atoms with Gasteiger partial charge in [-0.2, -0.15) is 0 Å². The molecule has 0 aromatic heterocycles. The van der Waals surface area contributed by atoms with E-state index in [4.69, 9.17) is 4.57 Å². The van der Waals surface area contributed by atoms with Crippen LogP contribution in [0.5, 0.6) is 0 Å². The van der Waals surface area contributed by atoms with Gasteiger partial charge in [-0.25, -0.2) is 0 Å². The molecule has 1 nitrogen and oxygen atoms in total. The van der Waals surface area contributed by atoms with Crippen LogP contribution in [0, 0.1) is 0 Å². The molecule has 0 atom stereocenters. The van der Waals surface area contributed by atoms with Crippen LogP contribution in [0.3, 0.4) is 0 Å². The Kier molecular flexibility index (Phi) is 17.5. The molecule has 0 aliphatic heterocycles. The maximum atomic E-state index is 9.16. The summed E-state index contributed by atoms with van der Waals surface area (Å²) in [5.74, 6) is 0. The topological polar surface area (TPSA) is 17.1 Å². The minimum atomic E-state index is 0. The van der Waals surface area contributed by atoms with Gasteiger partial charge in [-0.1, -0.05) is 11.7 Å². The molecule has 5 heteroatoms. The molecule has 0 aromatic carbocycles. The van der Waals surface area contributed by atoms with E-state index in [1.165, 1.54) is 0 Å². The maximum Gasteiger partial charge on any atom is 0.238 e. The van der Waals surface area contributed by atoms with Crippen LogP contribution in [-0.4, -0.2) is 0 Å². The molecule has 0 spiro atoms. The van der Waals surface area contributed by atoms with Crippen molar-refractivity contribution in [3.05, 3.63) is 0 Å². The van der Waals surface area contributed by atoms with Crippen molar-refractivity contribution in [3.8, 4) is 0 Å². The van der Waals surface area contributed by atoms with E-state index in [2.05, 4.69) is 11.7 Å². The molecule has 26 valence electrons. The third-order valence-corrected chi connectivity index (χ3v) is 0.900. The predicted molar refractivity (Wildman–Crippen MR) is 24.2 cm³/mol. The Morgan fingerprint density at radius 3 is 2.00 bits per heavy atom. The van der Waals surface area contributed by atoms with E-state index in [1.54, 1.807) is 0 Å². The van der Waals surface area contributed by atoms with Crippen molar-refractivity contribution in [2.45, 2.75) is 0 Å². The van der Waals surface area contributed by atoms with Gasteiger partial charge in [0.1, 0.15) is 0 Å². The Labute approximate surface area is 53.8 Å². The van der Waals surface area contributed by atoms with Gasteiger partial charge >= 0.3 is 0 Å². The minimum absolute atomic E-state index is 0. The zero-order valence-corrected chi connectivity index (χ0v) is 7.99. The molecule has 5 heavy (non-hydrogen) atoms. The van der Waals surface area contributed by atoms with E-state index < -0.39 is 0 Å². The largest absolute Gasteiger partial charge is 0.261 e. The summed E-state index contributed by atoms with van der Waals surface area (Å²) in [4.78, 5) is 0. The Morgan fingerprint density at radius 2 is 2.00 bits per heavy atom. The minimum Gasteiger partial charge on any atom is -0.261 e. The second kappa shape index (κ2) is 9.05. The second-order valence-corrected chi connectivity index (χ2v) is 2.88. The van der Waals surface area contributed by atoms with Gasteiger partial charge in [-0.05, 0) is 0 Å². The third kappa shape index (κ3) is 10.8. The summed E-state index contributed by atoms with van der Waals surface area (Å²) < 4.78 is 9.16. The zero-order chi connectivity index (χ0) is 3.41. The molecule has 0 amide bonds. The van der Waals surface area contributed by atoms with Gasteiger partial charge in [0.2, 0.25) is 7.66 Å². The van der Waals surface area contributed by atoms with Crippen molar-refractivity contribution >= 4 is 29.7 Å². The Morgan fingerprint density at radius 1 is 1.80 bits per heavy atom. The molecule has 0 heterocycles. The molecular weight excluding hydrogens is 176 g/mol. The first-order chi connectivity index (χ1) is 1.91. The summed E-state index contributed by atoms with van der Waals surface area (Å²) in [5, 5.41) is 0. The monoisotopic (exact) mass is 176 g/mol. The molecule has 0 aliphatic rings. The molecule has 0 saturated heterocycles. The summed E-state index contributed by atoms with van der Waals surface area (Å²) in [5.41, 5.74) is 0. The molecule has 0 rings (SSSR count). The summed E-state index contributed by atoms with van der Waals surface area (Å²) in [7, 11) is 0.997. The van der Waals surface area contributed by atoms with Crippen molar-refractivity contribution in [1.29, 1.82) is 0 Å². The van der Waals surface area contributed by atoms with Gasteiger partial charge < -0.3 is 0 Å². The molecule has 0 N–H and O–H groups in total. The SMILES string of the molecule is O=PSS.[Zn]. The Bertz CT molecular complexity index is 23.6. The van der Waals surface area contributed by atoms with Gasteiger partial charge in [0.25, 0.3) is 0 Å². The van der Waals surface area contributed by atoms with Crippen LogP contribution in [-0.2, 0) is 24.0 Å². The Hall–Kier alpha value is 1.42. The maximum absolute atomic E-state index is 9.16. The van der Waals surface area contributed by atoms with E-state index >= 15 is 0 Å². The zero-order valence-electron chi connectivity index (χ0n) is 2.42. The van der Waals surface area contributed by atoms with Gasteiger partial charge in [0, 0.05) is 29.9 Å². The van der Waals surface area contributed by atoms with Crippen LogP contribution >= 0.6 is 29.7 Å². The normalized spacial score (nSPS) is 6.60. The summed E-state index contributed by atoms with van der Waals surface area (Å²) in [6.45, 7) is 0. The summed E-state index contributed by atoms with van der Waals surface area (Å²) in [6.07, 6.45) is 0. The molecular formula is HOPS2Zn. The van der Waals surface area contributed by atoms with E-state index in [0.29, 0.717) is 0 Å². The third-order valence-electron chi connectivity index (χ3n) is 0.0333. The Balaban J connectivity index is 0. The fourth-order valence-corrected chi connectivity index (χ4v) is 0. The van der Waals surface area contributed by atoms with Gasteiger partial charge in [-0.3, -0.25) is 4.57 Å². The first-order valence-electron chi connectivity index (χ1n) is 0.548. The number of rotatable bonds is 1. The van der Waals surface area contributed by atoms with Gasteiger partial charge in [0.05, 0.1) is 0 Å². The van der Waals surface area contributed by atoms with Crippen molar-refractivity contribution in [1.82, 2.24) is 0 Å². The molecule has 0 saturated carbocycles. The van der Waals surface area contributed by atoms with Crippen LogP contribution < -0.4 is 0 Å². The second-order valence-electron chi connectivity index (χ2n) is 0.156. The van der Waals surface area contributed by atoms with Crippen molar-refractivity contribution in [3.63, 3.8) is 0 Å². The molecule has 0 fully saturated rings.